The number of piperazine rings is 1. The largest absolute Gasteiger partial charge is 0.369 e. The molecule has 0 spiro atoms. The normalized spacial score (nSPS) is 19.6. The van der Waals surface area contributed by atoms with Crippen molar-refractivity contribution >= 4 is 72.4 Å². The lowest BCUT2D eigenvalue weighted by atomic mass is 9.92. The predicted octanol–water partition coefficient (Wildman–Crippen LogP) is 6.10. The summed E-state index contributed by atoms with van der Waals surface area (Å²) in [6, 6.07) is 22.4. The number of carbonyl (C=O) groups is 1. The Bertz CT molecular complexity index is 1700. The molecule has 0 aliphatic carbocycles. The van der Waals surface area contributed by atoms with Gasteiger partial charge in [0.1, 0.15) is 5.54 Å². The van der Waals surface area contributed by atoms with Crippen molar-refractivity contribution in [3.8, 4) is 0 Å². The van der Waals surface area contributed by atoms with Crippen LogP contribution in [-0.4, -0.2) is 54.4 Å². The van der Waals surface area contributed by atoms with Gasteiger partial charge in [-0.2, -0.15) is 4.31 Å². The average molecular weight is 675 g/mol. The van der Waals surface area contributed by atoms with Crippen LogP contribution in [0, 0.1) is 0 Å². The predicted molar refractivity (Wildman–Crippen MR) is 165 cm³/mol. The van der Waals surface area contributed by atoms with Crippen LogP contribution in [0.2, 0.25) is 10.0 Å². The van der Waals surface area contributed by atoms with Gasteiger partial charge in [0.15, 0.2) is 5.03 Å². The first-order chi connectivity index (χ1) is 19.6. The van der Waals surface area contributed by atoms with Gasteiger partial charge in [0.2, 0.25) is 5.95 Å². The summed E-state index contributed by atoms with van der Waals surface area (Å²) in [5, 5.41) is 0.678. The van der Waals surface area contributed by atoms with Crippen LogP contribution in [0.25, 0.3) is 0 Å². The summed E-state index contributed by atoms with van der Waals surface area (Å²) in [7, 11) is -4.00. The minimum absolute atomic E-state index is 0.0238. The fraction of sp³-hybridized carbons (Fsp3) is 0.241. The number of sulfonamides is 1. The van der Waals surface area contributed by atoms with E-state index in [9.17, 15) is 13.2 Å². The van der Waals surface area contributed by atoms with Crippen molar-refractivity contribution in [3.05, 3.63) is 99.1 Å². The highest BCUT2D eigenvalue weighted by Gasteiger charge is 2.52. The Hall–Kier alpha value is -2.89. The number of nitrogens with zero attached hydrogens (tertiary/aromatic N) is 5. The summed E-state index contributed by atoms with van der Waals surface area (Å²) in [6.07, 6.45) is 1.59. The topological polar surface area (TPSA) is 78.8 Å². The number of benzene rings is 3. The number of para-hydroxylation sites is 1. The number of aromatic nitrogens is 2. The third-order valence-corrected chi connectivity index (χ3v) is 10.4. The minimum Gasteiger partial charge on any atom is -0.369 e. The second-order valence-electron chi connectivity index (χ2n) is 10.3. The van der Waals surface area contributed by atoms with Gasteiger partial charge < -0.3 is 4.90 Å². The van der Waals surface area contributed by atoms with Crippen LogP contribution in [0.5, 0.6) is 0 Å². The number of anilines is 3. The zero-order valence-electron chi connectivity index (χ0n) is 22.0. The number of amides is 1. The van der Waals surface area contributed by atoms with Crippen LogP contribution < -0.4 is 9.80 Å². The van der Waals surface area contributed by atoms with E-state index >= 15 is 0 Å². The molecule has 1 saturated heterocycles. The molecule has 1 atom stereocenters. The van der Waals surface area contributed by atoms with Crippen LogP contribution in [-0.2, 0) is 26.8 Å². The molecular formula is C29H26BrCl2N5O3S. The van der Waals surface area contributed by atoms with Gasteiger partial charge in [-0.3, -0.25) is 9.36 Å². The molecule has 0 saturated carbocycles. The van der Waals surface area contributed by atoms with E-state index in [2.05, 4.69) is 25.8 Å². The first-order valence-electron chi connectivity index (χ1n) is 13.0. The molecule has 0 unspecified atom stereocenters. The van der Waals surface area contributed by atoms with Gasteiger partial charge in [0.25, 0.3) is 15.9 Å². The SMILES string of the molecule is C[C@@]1(Cc2ccc(Br)cc2)C(=O)N(c2cc(Cl)cc(Cl)c2)c2ncc(S(=O)(=O)N3CCN(c4ccccc4)CC3)n21. The van der Waals surface area contributed by atoms with Crippen molar-refractivity contribution in [3.63, 3.8) is 0 Å². The summed E-state index contributed by atoms with van der Waals surface area (Å²) in [6.45, 7) is 3.46. The number of carbonyl (C=O) groups excluding carboxylic acids is 1. The fourth-order valence-corrected chi connectivity index (χ4v) is 7.96. The van der Waals surface area contributed by atoms with E-state index in [-0.39, 0.29) is 23.3 Å². The zero-order valence-corrected chi connectivity index (χ0v) is 26.0. The monoisotopic (exact) mass is 673 g/mol. The highest BCUT2D eigenvalue weighted by atomic mass is 79.9. The molecule has 1 amide bonds. The molecule has 212 valence electrons. The van der Waals surface area contributed by atoms with E-state index in [0.29, 0.717) is 41.9 Å². The maximum absolute atomic E-state index is 14.2. The lowest BCUT2D eigenvalue weighted by Crippen LogP contribution is -2.49. The van der Waals surface area contributed by atoms with Gasteiger partial charge >= 0.3 is 0 Å². The zero-order chi connectivity index (χ0) is 28.9. The molecule has 0 bridgehead atoms. The number of fused-ring (bicyclic) bond motifs is 1. The number of hydrogen-bond acceptors (Lipinski definition) is 5. The molecule has 8 nitrogen and oxygen atoms in total. The van der Waals surface area contributed by atoms with Gasteiger partial charge in [-0.05, 0) is 55.0 Å². The summed E-state index contributed by atoms with van der Waals surface area (Å²) in [4.78, 5) is 22.3. The highest BCUT2D eigenvalue weighted by Crippen LogP contribution is 2.45. The van der Waals surface area contributed by atoms with E-state index < -0.39 is 15.6 Å². The van der Waals surface area contributed by atoms with Crippen molar-refractivity contribution in [2.75, 3.05) is 36.0 Å². The van der Waals surface area contributed by atoms with E-state index in [0.717, 1.165) is 15.7 Å². The van der Waals surface area contributed by atoms with Crippen molar-refractivity contribution in [2.24, 2.45) is 0 Å². The van der Waals surface area contributed by atoms with Crippen molar-refractivity contribution < 1.29 is 13.2 Å². The first kappa shape index (κ1) is 28.2. The van der Waals surface area contributed by atoms with Crippen LogP contribution in [0.3, 0.4) is 0 Å². The second-order valence-corrected chi connectivity index (χ2v) is 14.0. The van der Waals surface area contributed by atoms with E-state index in [1.807, 2.05) is 54.6 Å². The molecule has 2 aliphatic rings. The molecule has 3 aromatic carbocycles. The molecule has 4 aromatic rings. The van der Waals surface area contributed by atoms with Crippen LogP contribution in [0.4, 0.5) is 17.3 Å². The lowest BCUT2D eigenvalue weighted by Gasteiger charge is -2.36. The summed E-state index contributed by atoms with van der Waals surface area (Å²) in [5.41, 5.74) is 1.05. The van der Waals surface area contributed by atoms with Crippen LogP contribution in [0.1, 0.15) is 12.5 Å². The Morgan fingerprint density at radius 1 is 0.902 bits per heavy atom. The second kappa shape index (κ2) is 10.7. The first-order valence-corrected chi connectivity index (χ1v) is 16.0. The third-order valence-electron chi connectivity index (χ3n) is 7.60. The number of rotatable bonds is 6. The van der Waals surface area contributed by atoms with Gasteiger partial charge in [-0.25, -0.2) is 18.3 Å². The number of imidazole rings is 1. The Morgan fingerprint density at radius 2 is 1.54 bits per heavy atom. The van der Waals surface area contributed by atoms with E-state index in [1.165, 1.54) is 15.4 Å². The maximum Gasteiger partial charge on any atom is 0.260 e. The number of hydrogen-bond donors (Lipinski definition) is 0. The molecule has 2 aliphatic heterocycles. The van der Waals surface area contributed by atoms with Crippen molar-refractivity contribution in [1.29, 1.82) is 0 Å². The molecule has 0 N–H and O–H groups in total. The molecule has 1 fully saturated rings. The fourth-order valence-electron chi connectivity index (χ4n) is 5.57. The van der Waals surface area contributed by atoms with Crippen LogP contribution in [0.15, 0.2) is 88.5 Å². The summed E-state index contributed by atoms with van der Waals surface area (Å²) < 4.78 is 32.3. The van der Waals surface area contributed by atoms with E-state index in [4.69, 9.17) is 23.2 Å². The van der Waals surface area contributed by atoms with Crippen molar-refractivity contribution in [2.45, 2.75) is 23.9 Å². The Kier molecular flexibility index (Phi) is 7.40. The van der Waals surface area contributed by atoms with Gasteiger partial charge in [0.05, 0.1) is 11.9 Å². The Balaban J connectivity index is 1.40. The molecule has 3 heterocycles. The smallest absolute Gasteiger partial charge is 0.260 e. The number of halogens is 3. The van der Waals surface area contributed by atoms with Gasteiger partial charge in [-0.15, -0.1) is 0 Å². The van der Waals surface area contributed by atoms with Crippen molar-refractivity contribution in [1.82, 2.24) is 13.9 Å². The van der Waals surface area contributed by atoms with Gasteiger partial charge in [-0.1, -0.05) is 69.5 Å². The minimum atomic E-state index is -4.00. The summed E-state index contributed by atoms with van der Waals surface area (Å²) >= 11 is 16.0. The summed E-state index contributed by atoms with van der Waals surface area (Å²) in [5.74, 6) is -0.123. The van der Waals surface area contributed by atoms with Gasteiger partial charge in [0, 0.05) is 52.8 Å². The molecule has 6 rings (SSSR count). The molecule has 1 aromatic heterocycles. The Morgan fingerprint density at radius 3 is 2.17 bits per heavy atom. The highest BCUT2D eigenvalue weighted by molar-refractivity contribution is 9.10. The third kappa shape index (κ3) is 5.06. The quantitative estimate of drug-likeness (QED) is 0.247. The molecule has 12 heteroatoms. The standard InChI is InChI=1S/C29H26BrCl2N5O3S/c1-29(18-20-7-9-21(30)10-8-20)27(38)36(25-16-22(31)15-23(32)17-25)28-33-19-26(37(28)29)41(39,40)35-13-11-34(12-14-35)24-5-3-2-4-6-24/h2-10,15-17,19H,11-14,18H2,1H3/t29-/m1/s1. The molecule has 41 heavy (non-hydrogen) atoms. The molecule has 0 radical (unpaired) electrons. The lowest BCUT2D eigenvalue weighted by molar-refractivity contribution is -0.124. The Labute approximate surface area is 257 Å². The maximum atomic E-state index is 14.2. The average Bonchev–Trinajstić information content (AvgIpc) is 3.48. The van der Waals surface area contributed by atoms with E-state index in [1.54, 1.807) is 29.7 Å². The molecular weight excluding hydrogens is 649 g/mol. The van der Waals surface area contributed by atoms with Crippen LogP contribution >= 0.6 is 39.1 Å².